The molecule has 0 radical (unpaired) electrons. The fourth-order valence-corrected chi connectivity index (χ4v) is 3.87. The lowest BCUT2D eigenvalue weighted by atomic mass is 9.96. The molecule has 0 atom stereocenters. The third-order valence-corrected chi connectivity index (χ3v) is 5.40. The molecular formula is C17H22N4O2S. The van der Waals surface area contributed by atoms with Crippen LogP contribution in [0.2, 0.25) is 0 Å². The van der Waals surface area contributed by atoms with E-state index >= 15 is 0 Å². The van der Waals surface area contributed by atoms with E-state index in [0.29, 0.717) is 24.4 Å². The Bertz CT molecular complexity index is 775. The Morgan fingerprint density at radius 3 is 2.71 bits per heavy atom. The van der Waals surface area contributed by atoms with E-state index in [-0.39, 0.29) is 11.5 Å². The van der Waals surface area contributed by atoms with Crippen molar-refractivity contribution in [3.8, 4) is 0 Å². The zero-order valence-corrected chi connectivity index (χ0v) is 14.9. The number of aromatic nitrogens is 3. The van der Waals surface area contributed by atoms with Gasteiger partial charge in [-0.3, -0.25) is 14.2 Å². The summed E-state index contributed by atoms with van der Waals surface area (Å²) in [5, 5.41) is 0.994. The minimum atomic E-state index is 0.0315. The second-order valence-electron chi connectivity index (χ2n) is 6.38. The van der Waals surface area contributed by atoms with Crippen LogP contribution in [0, 0.1) is 19.8 Å². The van der Waals surface area contributed by atoms with Gasteiger partial charge in [0.15, 0.2) is 0 Å². The van der Waals surface area contributed by atoms with Crippen molar-refractivity contribution in [3.05, 3.63) is 44.5 Å². The first kappa shape index (κ1) is 16.8. The zero-order chi connectivity index (χ0) is 17.1. The van der Waals surface area contributed by atoms with Gasteiger partial charge in [0.1, 0.15) is 0 Å². The molecule has 0 N–H and O–H groups in total. The predicted molar refractivity (Wildman–Crippen MR) is 93.1 cm³/mol. The van der Waals surface area contributed by atoms with Crippen molar-refractivity contribution in [2.45, 2.75) is 39.7 Å². The average molecular weight is 346 g/mol. The van der Waals surface area contributed by atoms with Crippen LogP contribution in [0.3, 0.4) is 0 Å². The van der Waals surface area contributed by atoms with Gasteiger partial charge in [-0.25, -0.2) is 9.97 Å². The molecule has 0 saturated carbocycles. The van der Waals surface area contributed by atoms with Crippen molar-refractivity contribution < 1.29 is 4.79 Å². The highest BCUT2D eigenvalue weighted by Crippen LogP contribution is 2.20. The van der Waals surface area contributed by atoms with E-state index in [1.165, 1.54) is 0 Å². The highest BCUT2D eigenvalue weighted by atomic mass is 32.1. The molecule has 0 spiro atoms. The Morgan fingerprint density at radius 1 is 1.29 bits per heavy atom. The van der Waals surface area contributed by atoms with E-state index in [2.05, 4.69) is 9.97 Å². The maximum Gasteiger partial charge on any atom is 0.256 e. The van der Waals surface area contributed by atoms with E-state index in [1.54, 1.807) is 41.5 Å². The van der Waals surface area contributed by atoms with E-state index in [4.69, 9.17) is 0 Å². The maximum atomic E-state index is 12.4. The van der Waals surface area contributed by atoms with Crippen molar-refractivity contribution in [3.63, 3.8) is 0 Å². The van der Waals surface area contributed by atoms with Gasteiger partial charge >= 0.3 is 0 Å². The fourth-order valence-electron chi connectivity index (χ4n) is 3.08. The molecule has 24 heavy (non-hydrogen) atoms. The number of thiazole rings is 1. The maximum absolute atomic E-state index is 12.4. The molecule has 128 valence electrons. The summed E-state index contributed by atoms with van der Waals surface area (Å²) in [5.41, 5.74) is 0.703. The largest absolute Gasteiger partial charge is 0.342 e. The van der Waals surface area contributed by atoms with Crippen LogP contribution in [0.25, 0.3) is 0 Å². The molecule has 1 aliphatic heterocycles. The smallest absolute Gasteiger partial charge is 0.256 e. The van der Waals surface area contributed by atoms with Crippen molar-refractivity contribution >= 4 is 17.2 Å². The van der Waals surface area contributed by atoms with Crippen LogP contribution in [-0.2, 0) is 17.8 Å². The number of nitrogens with zero attached hydrogens (tertiary/aromatic N) is 4. The van der Waals surface area contributed by atoms with Crippen LogP contribution in [0.1, 0.15) is 28.3 Å². The molecule has 6 nitrogen and oxygen atoms in total. The second kappa shape index (κ2) is 7.25. The van der Waals surface area contributed by atoms with E-state index in [1.807, 2.05) is 11.8 Å². The number of rotatable bonds is 4. The summed E-state index contributed by atoms with van der Waals surface area (Å²) in [4.78, 5) is 35.7. The zero-order valence-electron chi connectivity index (χ0n) is 14.1. The normalized spacial score (nSPS) is 15.7. The molecule has 7 heteroatoms. The molecule has 0 unspecified atom stereocenters. The lowest BCUT2D eigenvalue weighted by Crippen LogP contribution is -2.40. The van der Waals surface area contributed by atoms with Crippen molar-refractivity contribution in [2.24, 2.45) is 5.92 Å². The fraction of sp³-hybridized carbons (Fsp3) is 0.529. The Hall–Kier alpha value is -2.02. The standard InChI is InChI=1S/C17H22N4O2S/c1-12-8-18-11-21(17(12)23)10-14-3-5-20(6-4-14)16(22)7-15-9-19-13(2)24-15/h8-9,11,14H,3-7,10H2,1-2H3. The van der Waals surface area contributed by atoms with Gasteiger partial charge in [-0.2, -0.15) is 0 Å². The molecule has 0 aromatic carbocycles. The lowest BCUT2D eigenvalue weighted by Gasteiger charge is -2.32. The van der Waals surface area contributed by atoms with Crippen molar-refractivity contribution in [1.29, 1.82) is 0 Å². The van der Waals surface area contributed by atoms with Gasteiger partial charge in [0, 0.05) is 42.5 Å². The number of likely N-dealkylation sites (tertiary alicyclic amines) is 1. The SMILES string of the molecule is Cc1ncc(CC(=O)N2CCC(Cn3cncc(C)c3=O)CC2)s1. The van der Waals surface area contributed by atoms with Gasteiger partial charge in [-0.15, -0.1) is 11.3 Å². The molecule has 3 rings (SSSR count). The van der Waals surface area contributed by atoms with Crippen LogP contribution >= 0.6 is 11.3 Å². The predicted octanol–water partition coefficient (Wildman–Crippen LogP) is 1.80. The summed E-state index contributed by atoms with van der Waals surface area (Å²) in [6.07, 6.45) is 7.29. The highest BCUT2D eigenvalue weighted by Gasteiger charge is 2.23. The summed E-state index contributed by atoms with van der Waals surface area (Å²) in [6, 6.07) is 0. The van der Waals surface area contributed by atoms with Gasteiger partial charge in [0.05, 0.1) is 17.8 Å². The first-order valence-electron chi connectivity index (χ1n) is 8.23. The monoisotopic (exact) mass is 346 g/mol. The molecule has 0 aliphatic carbocycles. The number of amides is 1. The number of hydrogen-bond acceptors (Lipinski definition) is 5. The summed E-state index contributed by atoms with van der Waals surface area (Å²) < 4.78 is 1.69. The lowest BCUT2D eigenvalue weighted by molar-refractivity contribution is -0.131. The number of carbonyl (C=O) groups is 1. The van der Waals surface area contributed by atoms with Crippen LogP contribution < -0.4 is 5.56 Å². The number of aryl methyl sites for hydroxylation is 2. The summed E-state index contributed by atoms with van der Waals surface area (Å²) in [7, 11) is 0. The Kier molecular flexibility index (Phi) is 5.08. The van der Waals surface area contributed by atoms with Crippen LogP contribution in [0.15, 0.2) is 23.5 Å². The molecule has 2 aromatic rings. The van der Waals surface area contributed by atoms with E-state index in [0.717, 1.165) is 35.8 Å². The Morgan fingerprint density at radius 2 is 2.04 bits per heavy atom. The molecular weight excluding hydrogens is 324 g/mol. The van der Waals surface area contributed by atoms with Gasteiger partial charge in [-0.05, 0) is 32.6 Å². The van der Waals surface area contributed by atoms with Crippen LogP contribution in [0.5, 0.6) is 0 Å². The molecule has 1 amide bonds. The molecule has 2 aromatic heterocycles. The van der Waals surface area contributed by atoms with Crippen LogP contribution in [-0.4, -0.2) is 38.4 Å². The third kappa shape index (κ3) is 3.90. The molecule has 1 aliphatic rings. The molecule has 1 saturated heterocycles. The molecule has 1 fully saturated rings. The van der Waals surface area contributed by atoms with Gasteiger partial charge in [0.2, 0.25) is 5.91 Å². The first-order chi connectivity index (χ1) is 11.5. The number of carbonyl (C=O) groups excluding carboxylic acids is 1. The first-order valence-corrected chi connectivity index (χ1v) is 9.04. The number of piperidine rings is 1. The van der Waals surface area contributed by atoms with E-state index in [9.17, 15) is 9.59 Å². The minimum Gasteiger partial charge on any atom is -0.342 e. The quantitative estimate of drug-likeness (QED) is 0.846. The third-order valence-electron chi connectivity index (χ3n) is 4.49. The number of hydrogen-bond donors (Lipinski definition) is 0. The summed E-state index contributed by atoms with van der Waals surface area (Å²) in [5.74, 6) is 0.590. The average Bonchev–Trinajstić information content (AvgIpc) is 2.97. The highest BCUT2D eigenvalue weighted by molar-refractivity contribution is 7.11. The summed E-state index contributed by atoms with van der Waals surface area (Å²) >= 11 is 1.58. The van der Waals surface area contributed by atoms with Crippen LogP contribution in [0.4, 0.5) is 0 Å². The Labute approximate surface area is 145 Å². The van der Waals surface area contributed by atoms with Gasteiger partial charge in [-0.1, -0.05) is 0 Å². The summed E-state index contributed by atoms with van der Waals surface area (Å²) in [6.45, 7) is 5.94. The molecule has 3 heterocycles. The van der Waals surface area contributed by atoms with Crippen molar-refractivity contribution in [2.75, 3.05) is 13.1 Å². The van der Waals surface area contributed by atoms with Gasteiger partial charge < -0.3 is 4.90 Å². The second-order valence-corrected chi connectivity index (χ2v) is 7.70. The minimum absolute atomic E-state index is 0.0315. The van der Waals surface area contributed by atoms with Crippen molar-refractivity contribution in [1.82, 2.24) is 19.4 Å². The van der Waals surface area contributed by atoms with Gasteiger partial charge in [0.25, 0.3) is 5.56 Å². The molecule has 0 bridgehead atoms. The van der Waals surface area contributed by atoms with E-state index < -0.39 is 0 Å². The Balaban J connectivity index is 1.53. The topological polar surface area (TPSA) is 68.1 Å².